The molecule has 1 aliphatic heterocycles. The molecule has 0 bridgehead atoms. The molecule has 1 saturated carbocycles. The van der Waals surface area contributed by atoms with Crippen molar-refractivity contribution in [2.75, 3.05) is 19.7 Å². The maximum absolute atomic E-state index is 5.73. The summed E-state index contributed by atoms with van der Waals surface area (Å²) in [6.07, 6.45) is 5.14. The molecule has 0 aromatic rings. The first-order valence-electron chi connectivity index (χ1n) is 5.41. The second kappa shape index (κ2) is 4.55. The van der Waals surface area contributed by atoms with Crippen molar-refractivity contribution < 1.29 is 4.74 Å². The number of hydrogen-bond donors (Lipinski definition) is 1. The lowest BCUT2D eigenvalue weighted by atomic mass is 10.1. The third-order valence-corrected chi connectivity index (χ3v) is 3.45. The first-order valence-corrected chi connectivity index (χ1v) is 5.82. The van der Waals surface area contributed by atoms with Crippen molar-refractivity contribution in [1.82, 2.24) is 4.90 Å². The van der Waals surface area contributed by atoms with E-state index in [1.54, 1.807) is 0 Å². The zero-order valence-corrected chi connectivity index (χ0v) is 9.26. The van der Waals surface area contributed by atoms with Crippen LogP contribution in [0.25, 0.3) is 0 Å². The molecule has 1 aliphatic carbocycles. The summed E-state index contributed by atoms with van der Waals surface area (Å²) in [7, 11) is 0. The van der Waals surface area contributed by atoms with Crippen LogP contribution in [0.1, 0.15) is 25.7 Å². The topological polar surface area (TPSA) is 38.5 Å². The zero-order chi connectivity index (χ0) is 9.97. The predicted molar refractivity (Wildman–Crippen MR) is 60.4 cm³/mol. The number of morpholine rings is 1. The Kier molecular flexibility index (Phi) is 3.36. The summed E-state index contributed by atoms with van der Waals surface area (Å²) in [5.41, 5.74) is 5.52. The molecule has 0 aromatic carbocycles. The number of fused-ring (bicyclic) bond motifs is 1. The first-order chi connectivity index (χ1) is 6.77. The Morgan fingerprint density at radius 1 is 1.50 bits per heavy atom. The van der Waals surface area contributed by atoms with Crippen molar-refractivity contribution in [2.45, 2.75) is 37.8 Å². The molecule has 2 unspecified atom stereocenters. The molecule has 2 fully saturated rings. The van der Waals surface area contributed by atoms with Crippen LogP contribution in [0.4, 0.5) is 0 Å². The van der Waals surface area contributed by atoms with Crippen LogP contribution in [0.2, 0.25) is 0 Å². The van der Waals surface area contributed by atoms with Gasteiger partial charge in [-0.3, -0.25) is 4.90 Å². The smallest absolute Gasteiger partial charge is 0.0740 e. The SMILES string of the molecule is NC(=S)CCN1CCOC2CCCC21. The van der Waals surface area contributed by atoms with Crippen molar-refractivity contribution in [1.29, 1.82) is 0 Å². The van der Waals surface area contributed by atoms with E-state index in [4.69, 9.17) is 22.7 Å². The monoisotopic (exact) mass is 214 g/mol. The Labute approximate surface area is 90.6 Å². The van der Waals surface area contributed by atoms with Crippen LogP contribution >= 0.6 is 12.2 Å². The van der Waals surface area contributed by atoms with Crippen LogP contribution in [0, 0.1) is 0 Å². The van der Waals surface area contributed by atoms with E-state index in [2.05, 4.69) is 4.90 Å². The van der Waals surface area contributed by atoms with Crippen molar-refractivity contribution >= 4 is 17.2 Å². The summed E-state index contributed by atoms with van der Waals surface area (Å²) in [4.78, 5) is 3.13. The Balaban J connectivity index is 1.87. The van der Waals surface area contributed by atoms with Crippen molar-refractivity contribution in [2.24, 2.45) is 5.73 Å². The molecule has 2 atom stereocenters. The lowest BCUT2D eigenvalue weighted by molar-refractivity contribution is -0.0544. The second-order valence-electron chi connectivity index (χ2n) is 4.16. The third kappa shape index (κ3) is 2.24. The number of ether oxygens (including phenoxy) is 1. The van der Waals surface area contributed by atoms with E-state index in [1.807, 2.05) is 0 Å². The molecule has 0 spiro atoms. The Morgan fingerprint density at radius 3 is 3.14 bits per heavy atom. The molecule has 2 rings (SSSR count). The molecule has 3 nitrogen and oxygen atoms in total. The third-order valence-electron chi connectivity index (χ3n) is 3.24. The molecule has 4 heteroatoms. The van der Waals surface area contributed by atoms with Gasteiger partial charge >= 0.3 is 0 Å². The average molecular weight is 214 g/mol. The number of hydrogen-bond acceptors (Lipinski definition) is 3. The van der Waals surface area contributed by atoms with Gasteiger partial charge in [0.15, 0.2) is 0 Å². The summed E-state index contributed by atoms with van der Waals surface area (Å²) in [5.74, 6) is 0. The molecule has 0 radical (unpaired) electrons. The first kappa shape index (κ1) is 10.3. The fourth-order valence-electron chi connectivity index (χ4n) is 2.54. The fraction of sp³-hybridized carbons (Fsp3) is 0.900. The highest BCUT2D eigenvalue weighted by Gasteiger charge is 2.35. The Hall–Kier alpha value is -0.190. The number of thiocarbonyl (C=S) groups is 1. The van der Waals surface area contributed by atoms with Crippen LogP contribution in [0.15, 0.2) is 0 Å². The van der Waals surface area contributed by atoms with E-state index in [0.717, 1.165) is 26.1 Å². The Bertz CT molecular complexity index is 222. The average Bonchev–Trinajstić information content (AvgIpc) is 2.62. The highest BCUT2D eigenvalue weighted by Crippen LogP contribution is 2.29. The zero-order valence-electron chi connectivity index (χ0n) is 8.45. The summed E-state index contributed by atoms with van der Waals surface area (Å²) >= 11 is 4.90. The minimum atomic E-state index is 0.482. The van der Waals surface area contributed by atoms with Gasteiger partial charge in [0.25, 0.3) is 0 Å². The molecule has 0 aromatic heterocycles. The van der Waals surface area contributed by atoms with Crippen LogP contribution < -0.4 is 5.73 Å². The van der Waals surface area contributed by atoms with Gasteiger partial charge in [0.05, 0.1) is 17.7 Å². The van der Waals surface area contributed by atoms with Gasteiger partial charge in [0, 0.05) is 25.6 Å². The van der Waals surface area contributed by atoms with Gasteiger partial charge in [0.1, 0.15) is 0 Å². The van der Waals surface area contributed by atoms with E-state index in [-0.39, 0.29) is 0 Å². The van der Waals surface area contributed by atoms with Crippen molar-refractivity contribution in [3.63, 3.8) is 0 Å². The highest BCUT2D eigenvalue weighted by atomic mass is 32.1. The molecular weight excluding hydrogens is 196 g/mol. The molecular formula is C10H18N2OS. The fourth-order valence-corrected chi connectivity index (χ4v) is 2.63. The largest absolute Gasteiger partial charge is 0.393 e. The van der Waals surface area contributed by atoms with E-state index in [0.29, 0.717) is 17.1 Å². The number of nitrogens with zero attached hydrogens (tertiary/aromatic N) is 1. The van der Waals surface area contributed by atoms with Crippen LogP contribution in [-0.2, 0) is 4.74 Å². The molecule has 80 valence electrons. The van der Waals surface area contributed by atoms with Crippen LogP contribution in [0.5, 0.6) is 0 Å². The molecule has 2 aliphatic rings. The summed E-state index contributed by atoms with van der Waals surface area (Å²) in [5, 5.41) is 0. The molecule has 14 heavy (non-hydrogen) atoms. The quantitative estimate of drug-likeness (QED) is 0.709. The maximum atomic E-state index is 5.73. The number of nitrogens with two attached hydrogens (primary N) is 1. The van der Waals surface area contributed by atoms with E-state index in [1.165, 1.54) is 19.3 Å². The minimum absolute atomic E-state index is 0.482. The highest BCUT2D eigenvalue weighted by molar-refractivity contribution is 7.80. The van der Waals surface area contributed by atoms with Crippen molar-refractivity contribution in [3.8, 4) is 0 Å². The summed E-state index contributed by atoms with van der Waals surface area (Å²) < 4.78 is 5.73. The standard InChI is InChI=1S/C10H18N2OS/c11-10(14)4-5-12-6-7-13-9-3-1-2-8(9)12/h8-9H,1-7H2,(H2,11,14). The van der Waals surface area contributed by atoms with Crippen LogP contribution in [0.3, 0.4) is 0 Å². The van der Waals surface area contributed by atoms with E-state index >= 15 is 0 Å². The van der Waals surface area contributed by atoms with E-state index in [9.17, 15) is 0 Å². The lowest BCUT2D eigenvalue weighted by Gasteiger charge is -2.37. The predicted octanol–water partition coefficient (Wildman–Crippen LogP) is 0.916. The van der Waals surface area contributed by atoms with Gasteiger partial charge in [0.2, 0.25) is 0 Å². The lowest BCUT2D eigenvalue weighted by Crippen LogP contribution is -2.49. The molecule has 0 amide bonds. The minimum Gasteiger partial charge on any atom is -0.393 e. The van der Waals surface area contributed by atoms with Gasteiger partial charge in [-0.25, -0.2) is 0 Å². The molecule has 2 N–H and O–H groups in total. The second-order valence-corrected chi connectivity index (χ2v) is 4.68. The molecule has 1 heterocycles. The van der Waals surface area contributed by atoms with Gasteiger partial charge < -0.3 is 10.5 Å². The summed E-state index contributed by atoms with van der Waals surface area (Å²) in [6.45, 7) is 2.93. The van der Waals surface area contributed by atoms with E-state index < -0.39 is 0 Å². The Morgan fingerprint density at radius 2 is 2.36 bits per heavy atom. The van der Waals surface area contributed by atoms with Crippen LogP contribution in [-0.4, -0.2) is 41.7 Å². The van der Waals surface area contributed by atoms with Gasteiger partial charge in [-0.2, -0.15) is 0 Å². The molecule has 1 saturated heterocycles. The van der Waals surface area contributed by atoms with Gasteiger partial charge in [-0.1, -0.05) is 12.2 Å². The van der Waals surface area contributed by atoms with Gasteiger partial charge in [-0.05, 0) is 19.3 Å². The van der Waals surface area contributed by atoms with Gasteiger partial charge in [-0.15, -0.1) is 0 Å². The maximum Gasteiger partial charge on any atom is 0.0740 e. The van der Waals surface area contributed by atoms with Crippen molar-refractivity contribution in [3.05, 3.63) is 0 Å². The number of rotatable bonds is 3. The normalized spacial score (nSPS) is 32.9. The summed E-state index contributed by atoms with van der Waals surface area (Å²) in [6, 6.07) is 0.637.